The fourth-order valence-electron chi connectivity index (χ4n) is 2.41. The van der Waals surface area contributed by atoms with Gasteiger partial charge in [-0.2, -0.15) is 5.10 Å². The summed E-state index contributed by atoms with van der Waals surface area (Å²) in [6.07, 6.45) is 1.07. The van der Waals surface area contributed by atoms with Crippen molar-refractivity contribution in [1.82, 2.24) is 15.1 Å². The number of hydrogen-bond acceptors (Lipinski definition) is 2. The maximum Gasteiger partial charge on any atom is 0.0596 e. The molecule has 21 heavy (non-hydrogen) atoms. The van der Waals surface area contributed by atoms with E-state index in [1.807, 2.05) is 6.92 Å². The van der Waals surface area contributed by atoms with Crippen LogP contribution in [0.25, 0.3) is 0 Å². The standard InChI is InChI=1S/C16H21Br2N3/c1-11-9-12(2)21(20-11)8-4-7-19-13(3)15-6-5-14(17)10-16(15)18/h5-6,9-10,13,19H,4,7-8H2,1-3H3. The second-order valence-corrected chi connectivity index (χ2v) is 7.12. The largest absolute Gasteiger partial charge is 0.310 e. The highest BCUT2D eigenvalue weighted by atomic mass is 79.9. The number of benzene rings is 1. The monoisotopic (exact) mass is 413 g/mol. The van der Waals surface area contributed by atoms with E-state index in [0.29, 0.717) is 6.04 Å². The van der Waals surface area contributed by atoms with Crippen molar-refractivity contribution in [3.8, 4) is 0 Å². The molecule has 1 aromatic carbocycles. The van der Waals surface area contributed by atoms with E-state index in [1.165, 1.54) is 11.3 Å². The van der Waals surface area contributed by atoms with Gasteiger partial charge in [0.25, 0.3) is 0 Å². The van der Waals surface area contributed by atoms with E-state index in [-0.39, 0.29) is 0 Å². The first-order valence-corrected chi connectivity index (χ1v) is 8.75. The van der Waals surface area contributed by atoms with E-state index in [1.54, 1.807) is 0 Å². The molecule has 0 saturated carbocycles. The van der Waals surface area contributed by atoms with Gasteiger partial charge in [-0.3, -0.25) is 4.68 Å². The minimum Gasteiger partial charge on any atom is -0.310 e. The number of rotatable bonds is 6. The summed E-state index contributed by atoms with van der Waals surface area (Å²) in [6.45, 7) is 8.27. The Hall–Kier alpha value is -0.650. The van der Waals surface area contributed by atoms with E-state index < -0.39 is 0 Å². The van der Waals surface area contributed by atoms with Crippen LogP contribution in [0.1, 0.15) is 36.3 Å². The quantitative estimate of drug-likeness (QED) is 0.690. The zero-order chi connectivity index (χ0) is 15.4. The van der Waals surface area contributed by atoms with Crippen molar-refractivity contribution in [2.45, 2.75) is 39.8 Å². The van der Waals surface area contributed by atoms with Crippen LogP contribution < -0.4 is 5.32 Å². The summed E-state index contributed by atoms with van der Waals surface area (Å²) in [4.78, 5) is 0. The first-order valence-electron chi connectivity index (χ1n) is 7.17. The van der Waals surface area contributed by atoms with Crippen LogP contribution in [0.5, 0.6) is 0 Å². The molecule has 2 aromatic rings. The third kappa shape index (κ3) is 4.66. The topological polar surface area (TPSA) is 29.9 Å². The molecular weight excluding hydrogens is 394 g/mol. The Morgan fingerprint density at radius 3 is 2.62 bits per heavy atom. The third-order valence-corrected chi connectivity index (χ3v) is 4.71. The Labute approximate surface area is 143 Å². The van der Waals surface area contributed by atoms with E-state index in [9.17, 15) is 0 Å². The molecule has 5 heteroatoms. The Morgan fingerprint density at radius 2 is 2.00 bits per heavy atom. The van der Waals surface area contributed by atoms with Crippen molar-refractivity contribution in [2.24, 2.45) is 0 Å². The van der Waals surface area contributed by atoms with Gasteiger partial charge in [-0.05, 0) is 57.5 Å². The lowest BCUT2D eigenvalue weighted by Gasteiger charge is -2.16. The van der Waals surface area contributed by atoms with E-state index in [2.05, 4.69) is 85.1 Å². The Kier molecular flexibility index (Phi) is 6.02. The van der Waals surface area contributed by atoms with Crippen molar-refractivity contribution >= 4 is 31.9 Å². The van der Waals surface area contributed by atoms with Gasteiger partial charge in [-0.1, -0.05) is 37.9 Å². The van der Waals surface area contributed by atoms with Crippen molar-refractivity contribution in [3.63, 3.8) is 0 Å². The molecule has 2 rings (SSSR count). The summed E-state index contributed by atoms with van der Waals surface area (Å²) in [6, 6.07) is 8.76. The lowest BCUT2D eigenvalue weighted by atomic mass is 10.1. The van der Waals surface area contributed by atoms with Crippen LogP contribution in [0, 0.1) is 13.8 Å². The molecule has 1 N–H and O–H groups in total. The highest BCUT2D eigenvalue weighted by Crippen LogP contribution is 2.26. The molecule has 1 heterocycles. The maximum atomic E-state index is 4.49. The predicted molar refractivity (Wildman–Crippen MR) is 94.6 cm³/mol. The zero-order valence-corrected chi connectivity index (χ0v) is 15.8. The molecule has 0 saturated heterocycles. The second kappa shape index (κ2) is 7.56. The lowest BCUT2D eigenvalue weighted by molar-refractivity contribution is 0.499. The molecule has 0 bridgehead atoms. The molecule has 0 spiro atoms. The Balaban J connectivity index is 1.81. The molecule has 0 aliphatic rings. The van der Waals surface area contributed by atoms with Gasteiger partial charge in [0.1, 0.15) is 0 Å². The molecule has 0 amide bonds. The average Bonchev–Trinajstić information content (AvgIpc) is 2.73. The maximum absolute atomic E-state index is 4.49. The number of nitrogens with one attached hydrogen (secondary N) is 1. The van der Waals surface area contributed by atoms with E-state index in [0.717, 1.165) is 34.1 Å². The van der Waals surface area contributed by atoms with Crippen LogP contribution in [0.3, 0.4) is 0 Å². The van der Waals surface area contributed by atoms with Gasteiger partial charge in [-0.25, -0.2) is 0 Å². The molecule has 0 radical (unpaired) electrons. The average molecular weight is 415 g/mol. The minimum absolute atomic E-state index is 0.327. The van der Waals surface area contributed by atoms with Gasteiger partial charge in [0.15, 0.2) is 0 Å². The highest BCUT2D eigenvalue weighted by molar-refractivity contribution is 9.11. The smallest absolute Gasteiger partial charge is 0.0596 e. The van der Waals surface area contributed by atoms with Gasteiger partial charge < -0.3 is 5.32 Å². The summed E-state index contributed by atoms with van der Waals surface area (Å²) in [5.41, 5.74) is 3.60. The molecule has 114 valence electrons. The van der Waals surface area contributed by atoms with E-state index >= 15 is 0 Å². The molecule has 0 aliphatic carbocycles. The number of aryl methyl sites for hydroxylation is 3. The molecule has 1 unspecified atom stereocenters. The van der Waals surface area contributed by atoms with Crippen molar-refractivity contribution in [2.75, 3.05) is 6.54 Å². The summed E-state index contributed by atoms with van der Waals surface area (Å²) in [5.74, 6) is 0. The fraction of sp³-hybridized carbons (Fsp3) is 0.438. The summed E-state index contributed by atoms with van der Waals surface area (Å²) < 4.78 is 4.31. The normalized spacial score (nSPS) is 12.6. The van der Waals surface area contributed by atoms with Gasteiger partial charge >= 0.3 is 0 Å². The number of halogens is 2. The van der Waals surface area contributed by atoms with Crippen molar-refractivity contribution < 1.29 is 0 Å². The van der Waals surface area contributed by atoms with Gasteiger partial charge in [-0.15, -0.1) is 0 Å². The van der Waals surface area contributed by atoms with Gasteiger partial charge in [0.05, 0.1) is 5.69 Å². The van der Waals surface area contributed by atoms with Crippen LogP contribution in [0.15, 0.2) is 33.2 Å². The van der Waals surface area contributed by atoms with Crippen molar-refractivity contribution in [3.05, 3.63) is 50.2 Å². The number of hydrogen-bond donors (Lipinski definition) is 1. The van der Waals surface area contributed by atoms with Crippen LogP contribution in [0.4, 0.5) is 0 Å². The van der Waals surface area contributed by atoms with Crippen LogP contribution in [-0.4, -0.2) is 16.3 Å². The SMILES string of the molecule is Cc1cc(C)n(CCCNC(C)c2ccc(Br)cc2Br)n1. The fourth-order valence-corrected chi connectivity index (χ4v) is 3.80. The molecule has 3 nitrogen and oxygen atoms in total. The van der Waals surface area contributed by atoms with Crippen LogP contribution in [0.2, 0.25) is 0 Å². The zero-order valence-electron chi connectivity index (χ0n) is 12.7. The minimum atomic E-state index is 0.327. The first kappa shape index (κ1) is 16.7. The molecule has 0 aliphatic heterocycles. The van der Waals surface area contributed by atoms with Gasteiger partial charge in [0, 0.05) is 27.2 Å². The lowest BCUT2D eigenvalue weighted by Crippen LogP contribution is -2.21. The first-order chi connectivity index (χ1) is 9.97. The molecule has 1 atom stereocenters. The molecular formula is C16H21Br2N3. The van der Waals surface area contributed by atoms with Gasteiger partial charge in [0.2, 0.25) is 0 Å². The summed E-state index contributed by atoms with van der Waals surface area (Å²) in [5, 5.41) is 8.05. The summed E-state index contributed by atoms with van der Waals surface area (Å²) >= 11 is 7.11. The molecule has 1 aromatic heterocycles. The van der Waals surface area contributed by atoms with E-state index in [4.69, 9.17) is 0 Å². The Morgan fingerprint density at radius 1 is 1.24 bits per heavy atom. The number of aromatic nitrogens is 2. The third-order valence-electron chi connectivity index (χ3n) is 3.53. The predicted octanol–water partition coefficient (Wildman–Crippen LogP) is 4.77. The number of nitrogens with zero attached hydrogens (tertiary/aromatic N) is 2. The van der Waals surface area contributed by atoms with Crippen LogP contribution in [-0.2, 0) is 6.54 Å². The second-order valence-electron chi connectivity index (χ2n) is 5.35. The van der Waals surface area contributed by atoms with Crippen molar-refractivity contribution in [1.29, 1.82) is 0 Å². The highest BCUT2D eigenvalue weighted by Gasteiger charge is 2.09. The van der Waals surface area contributed by atoms with Crippen LogP contribution >= 0.6 is 31.9 Å². The Bertz CT molecular complexity index is 608. The molecule has 0 fully saturated rings. The summed E-state index contributed by atoms with van der Waals surface area (Å²) in [7, 11) is 0.